The first kappa shape index (κ1) is 20.4. The van der Waals surface area contributed by atoms with Gasteiger partial charge in [0.1, 0.15) is 5.60 Å². The van der Waals surface area contributed by atoms with Crippen molar-refractivity contribution in [3.05, 3.63) is 71.3 Å². The summed E-state index contributed by atoms with van der Waals surface area (Å²) in [5.41, 5.74) is 2.10. The number of ether oxygens (including phenoxy) is 1. The molecule has 6 heteroatoms. The lowest BCUT2D eigenvalue weighted by molar-refractivity contribution is -0.00711. The summed E-state index contributed by atoms with van der Waals surface area (Å²) in [5, 5.41) is 9.02. The molecule has 4 rings (SSSR count). The van der Waals surface area contributed by atoms with E-state index in [0.717, 1.165) is 43.6 Å². The number of cyclic esters (lactones) is 1. The third kappa shape index (κ3) is 4.49. The van der Waals surface area contributed by atoms with Crippen LogP contribution in [0.25, 0.3) is 0 Å². The van der Waals surface area contributed by atoms with Gasteiger partial charge in [0.25, 0.3) is 0 Å². The number of aromatic carboxylic acids is 1. The lowest BCUT2D eigenvalue weighted by atomic mass is 9.81. The van der Waals surface area contributed by atoms with E-state index in [1.54, 1.807) is 12.1 Å². The van der Waals surface area contributed by atoms with Gasteiger partial charge in [-0.05, 0) is 56.1 Å². The van der Waals surface area contributed by atoms with Crippen molar-refractivity contribution in [2.24, 2.45) is 5.92 Å². The Balaban J connectivity index is 1.31. The van der Waals surface area contributed by atoms with Crippen LogP contribution in [0.5, 0.6) is 0 Å². The first-order valence-corrected chi connectivity index (χ1v) is 10.5. The predicted octanol–water partition coefficient (Wildman–Crippen LogP) is 4.01. The maximum atomic E-state index is 12.5. The zero-order valence-corrected chi connectivity index (χ0v) is 17.3. The highest BCUT2D eigenvalue weighted by Crippen LogP contribution is 2.37. The average molecular weight is 408 g/mol. The number of carbonyl (C=O) groups excluding carboxylic acids is 1. The van der Waals surface area contributed by atoms with Gasteiger partial charge in [0.15, 0.2) is 0 Å². The van der Waals surface area contributed by atoms with Gasteiger partial charge < -0.3 is 9.84 Å². The molecular weight excluding hydrogens is 380 g/mol. The molecule has 1 amide bonds. The number of amides is 1. The molecule has 2 aromatic carbocycles. The first-order valence-electron chi connectivity index (χ1n) is 10.5. The Labute approximate surface area is 177 Å². The highest BCUT2D eigenvalue weighted by Gasteiger charge is 2.47. The summed E-state index contributed by atoms with van der Waals surface area (Å²) in [7, 11) is 0. The Morgan fingerprint density at radius 2 is 1.67 bits per heavy atom. The van der Waals surface area contributed by atoms with E-state index in [1.165, 1.54) is 0 Å². The smallest absolute Gasteiger partial charge is 0.410 e. The number of carboxylic acid groups (broad SMARTS) is 1. The van der Waals surface area contributed by atoms with Crippen molar-refractivity contribution >= 4 is 12.1 Å². The van der Waals surface area contributed by atoms with E-state index < -0.39 is 11.6 Å². The summed E-state index contributed by atoms with van der Waals surface area (Å²) in [4.78, 5) is 27.7. The molecule has 0 bridgehead atoms. The summed E-state index contributed by atoms with van der Waals surface area (Å²) in [6.07, 6.45) is 1.74. The SMILES string of the molecule is CC1(C2CCN(Cc3ccc(C(=O)O)cc3)CC2)CN(Cc2ccccc2)C(=O)O1. The van der Waals surface area contributed by atoms with Crippen LogP contribution in [0.4, 0.5) is 4.79 Å². The molecule has 2 saturated heterocycles. The van der Waals surface area contributed by atoms with Gasteiger partial charge in [0, 0.05) is 19.0 Å². The third-order valence-corrected chi connectivity index (χ3v) is 6.36. The van der Waals surface area contributed by atoms with Crippen molar-refractivity contribution in [1.29, 1.82) is 0 Å². The highest BCUT2D eigenvalue weighted by atomic mass is 16.6. The summed E-state index contributed by atoms with van der Waals surface area (Å²) in [6.45, 7) is 5.97. The number of likely N-dealkylation sites (tertiary alicyclic amines) is 1. The minimum Gasteiger partial charge on any atom is -0.478 e. The molecule has 158 valence electrons. The number of hydrogen-bond acceptors (Lipinski definition) is 4. The molecule has 0 spiro atoms. The molecule has 2 aliphatic rings. The monoisotopic (exact) mass is 408 g/mol. The van der Waals surface area contributed by atoms with E-state index in [2.05, 4.69) is 11.8 Å². The molecule has 1 unspecified atom stereocenters. The van der Waals surface area contributed by atoms with Crippen molar-refractivity contribution in [3.63, 3.8) is 0 Å². The number of piperidine rings is 1. The van der Waals surface area contributed by atoms with Crippen molar-refractivity contribution < 1.29 is 19.4 Å². The number of carbonyl (C=O) groups is 2. The molecule has 0 saturated carbocycles. The fraction of sp³-hybridized carbons (Fsp3) is 0.417. The predicted molar refractivity (Wildman–Crippen MR) is 113 cm³/mol. The molecule has 1 atom stereocenters. The third-order valence-electron chi connectivity index (χ3n) is 6.36. The van der Waals surface area contributed by atoms with Gasteiger partial charge in [-0.2, -0.15) is 0 Å². The molecule has 0 radical (unpaired) electrons. The molecule has 6 nitrogen and oxygen atoms in total. The summed E-state index contributed by atoms with van der Waals surface area (Å²) in [6, 6.07) is 17.1. The van der Waals surface area contributed by atoms with Gasteiger partial charge in [-0.3, -0.25) is 9.80 Å². The minimum absolute atomic E-state index is 0.220. The van der Waals surface area contributed by atoms with Crippen LogP contribution < -0.4 is 0 Å². The van der Waals surface area contributed by atoms with Crippen LogP contribution in [0.3, 0.4) is 0 Å². The molecule has 2 aromatic rings. The number of rotatable bonds is 6. The summed E-state index contributed by atoms with van der Waals surface area (Å²) in [5.74, 6) is -0.559. The van der Waals surface area contributed by atoms with E-state index in [1.807, 2.05) is 47.4 Å². The van der Waals surface area contributed by atoms with E-state index >= 15 is 0 Å². The Morgan fingerprint density at radius 3 is 2.30 bits per heavy atom. The molecule has 2 aliphatic heterocycles. The fourth-order valence-electron chi connectivity index (χ4n) is 4.59. The Bertz CT molecular complexity index is 891. The lowest BCUT2D eigenvalue weighted by Gasteiger charge is -2.39. The maximum absolute atomic E-state index is 12.5. The van der Waals surface area contributed by atoms with Crippen LogP contribution in [-0.2, 0) is 17.8 Å². The molecule has 1 N–H and O–H groups in total. The van der Waals surface area contributed by atoms with Gasteiger partial charge >= 0.3 is 12.1 Å². The first-order chi connectivity index (χ1) is 14.4. The van der Waals surface area contributed by atoms with E-state index in [9.17, 15) is 9.59 Å². The maximum Gasteiger partial charge on any atom is 0.410 e. The van der Waals surface area contributed by atoms with Crippen molar-refractivity contribution in [2.45, 2.75) is 38.5 Å². The van der Waals surface area contributed by atoms with Crippen molar-refractivity contribution in [2.75, 3.05) is 19.6 Å². The van der Waals surface area contributed by atoms with Gasteiger partial charge in [0.05, 0.1) is 12.1 Å². The van der Waals surface area contributed by atoms with E-state index in [4.69, 9.17) is 9.84 Å². The normalized spacial score (nSPS) is 22.8. The standard InChI is InChI=1S/C24H28N2O4/c1-24(17-26(23(29)30-24)16-18-5-3-2-4-6-18)21-11-13-25(14-12-21)15-19-7-9-20(10-8-19)22(27)28/h2-10,21H,11-17H2,1H3,(H,27,28). The van der Waals surface area contributed by atoms with E-state index in [0.29, 0.717) is 24.6 Å². The number of carboxylic acids is 1. The molecule has 0 aromatic heterocycles. The second-order valence-electron chi connectivity index (χ2n) is 8.57. The number of nitrogens with zero attached hydrogens (tertiary/aromatic N) is 2. The zero-order chi connectivity index (χ0) is 21.1. The minimum atomic E-state index is -0.900. The number of benzene rings is 2. The molecule has 0 aliphatic carbocycles. The second kappa shape index (κ2) is 8.48. The number of hydrogen-bond donors (Lipinski definition) is 1. The fourth-order valence-corrected chi connectivity index (χ4v) is 4.59. The van der Waals surface area contributed by atoms with Crippen LogP contribution in [0.1, 0.15) is 41.3 Å². The molecule has 30 heavy (non-hydrogen) atoms. The summed E-state index contributed by atoms with van der Waals surface area (Å²) < 4.78 is 5.88. The average Bonchev–Trinajstić information content (AvgIpc) is 3.04. The quantitative estimate of drug-likeness (QED) is 0.782. The zero-order valence-electron chi connectivity index (χ0n) is 17.3. The largest absolute Gasteiger partial charge is 0.478 e. The van der Waals surface area contributed by atoms with E-state index in [-0.39, 0.29) is 6.09 Å². The van der Waals surface area contributed by atoms with Crippen LogP contribution in [-0.4, -0.2) is 52.2 Å². The lowest BCUT2D eigenvalue weighted by Crippen LogP contribution is -2.45. The van der Waals surface area contributed by atoms with Gasteiger partial charge in [0.2, 0.25) is 0 Å². The van der Waals surface area contributed by atoms with Crippen LogP contribution in [0, 0.1) is 5.92 Å². The van der Waals surface area contributed by atoms with Crippen LogP contribution in [0.2, 0.25) is 0 Å². The molecule has 2 fully saturated rings. The van der Waals surface area contributed by atoms with Crippen LogP contribution in [0.15, 0.2) is 54.6 Å². The Hall–Kier alpha value is -2.86. The van der Waals surface area contributed by atoms with Gasteiger partial charge in [-0.1, -0.05) is 42.5 Å². The molecule has 2 heterocycles. The highest BCUT2D eigenvalue weighted by molar-refractivity contribution is 5.87. The van der Waals surface area contributed by atoms with Crippen molar-refractivity contribution in [1.82, 2.24) is 9.80 Å². The Kier molecular flexibility index (Phi) is 5.77. The Morgan fingerprint density at radius 1 is 1.03 bits per heavy atom. The van der Waals surface area contributed by atoms with Crippen molar-refractivity contribution in [3.8, 4) is 0 Å². The summed E-state index contributed by atoms with van der Waals surface area (Å²) >= 11 is 0. The van der Waals surface area contributed by atoms with Gasteiger partial charge in [-0.15, -0.1) is 0 Å². The van der Waals surface area contributed by atoms with Crippen LogP contribution >= 0.6 is 0 Å². The van der Waals surface area contributed by atoms with Gasteiger partial charge in [-0.25, -0.2) is 9.59 Å². The topological polar surface area (TPSA) is 70.1 Å². The molecular formula is C24H28N2O4. The second-order valence-corrected chi connectivity index (χ2v) is 8.57.